The summed E-state index contributed by atoms with van der Waals surface area (Å²) in [5.74, 6) is 0.664. The summed E-state index contributed by atoms with van der Waals surface area (Å²) >= 11 is 0. The van der Waals surface area contributed by atoms with Crippen molar-refractivity contribution < 1.29 is 9.84 Å². The molecule has 3 rings (SSSR count). The first-order valence-electron chi connectivity index (χ1n) is 8.26. The van der Waals surface area contributed by atoms with Crippen LogP contribution in [0, 0.1) is 0 Å². The third kappa shape index (κ3) is 4.19. The highest BCUT2D eigenvalue weighted by molar-refractivity contribution is 5.83. The number of aromatic amines is 1. The van der Waals surface area contributed by atoms with Crippen LogP contribution >= 0.6 is 0 Å². The number of nitrogens with one attached hydrogen (secondary N) is 1. The number of anilines is 1. The number of ether oxygens (including phenoxy) is 1. The van der Waals surface area contributed by atoms with Gasteiger partial charge in [-0.1, -0.05) is 30.3 Å². The van der Waals surface area contributed by atoms with E-state index in [-0.39, 0.29) is 12.2 Å². The second-order valence-corrected chi connectivity index (χ2v) is 6.23. The maximum Gasteiger partial charge on any atom is 0.271 e. The van der Waals surface area contributed by atoms with Gasteiger partial charge in [0.05, 0.1) is 6.10 Å². The molecule has 2 aromatic carbocycles. The molecule has 0 saturated carbocycles. The van der Waals surface area contributed by atoms with Crippen LogP contribution in [0.5, 0.6) is 5.75 Å². The topological polar surface area (TPSA) is 65.6 Å². The molecular formula is C20H22N2O3. The number of benzene rings is 2. The molecule has 2 N–H and O–H groups in total. The van der Waals surface area contributed by atoms with E-state index in [2.05, 4.69) is 4.98 Å². The molecule has 5 heteroatoms. The highest BCUT2D eigenvalue weighted by atomic mass is 16.5. The predicted molar refractivity (Wildman–Crippen MR) is 100 cm³/mol. The van der Waals surface area contributed by atoms with Crippen LogP contribution in [-0.4, -0.2) is 29.8 Å². The third-order valence-electron chi connectivity index (χ3n) is 3.96. The summed E-state index contributed by atoms with van der Waals surface area (Å²) in [4.78, 5) is 17.2. The van der Waals surface area contributed by atoms with E-state index in [4.69, 9.17) is 4.74 Å². The summed E-state index contributed by atoms with van der Waals surface area (Å²) in [7, 11) is 1.90. The number of nitrogens with zero attached hydrogens (tertiary/aromatic N) is 1. The lowest BCUT2D eigenvalue weighted by Crippen LogP contribution is -2.24. The van der Waals surface area contributed by atoms with Gasteiger partial charge >= 0.3 is 0 Å². The normalized spacial score (nSPS) is 12.1. The van der Waals surface area contributed by atoms with Crippen LogP contribution in [0.4, 0.5) is 5.69 Å². The van der Waals surface area contributed by atoms with Crippen LogP contribution in [0.1, 0.15) is 12.5 Å². The lowest BCUT2D eigenvalue weighted by molar-refractivity contribution is 0.123. The molecule has 0 fully saturated rings. The average molecular weight is 338 g/mol. The molecule has 1 atom stereocenters. The first kappa shape index (κ1) is 17.0. The van der Waals surface area contributed by atoms with Crippen LogP contribution in [-0.2, 0) is 6.54 Å². The Morgan fingerprint density at radius 2 is 1.92 bits per heavy atom. The molecule has 25 heavy (non-hydrogen) atoms. The van der Waals surface area contributed by atoms with Gasteiger partial charge in [0.15, 0.2) is 0 Å². The van der Waals surface area contributed by atoms with Gasteiger partial charge < -0.3 is 19.7 Å². The Bertz CT molecular complexity index is 904. The fourth-order valence-corrected chi connectivity index (χ4v) is 2.71. The SMILES string of the molecule is C[C@@H](O)COc1ccc2[nH]c(=O)c(N(C)Cc3ccccc3)cc2c1. The van der Waals surface area contributed by atoms with E-state index in [0.29, 0.717) is 18.0 Å². The molecule has 0 spiro atoms. The van der Waals surface area contributed by atoms with Crippen molar-refractivity contribution in [3.63, 3.8) is 0 Å². The van der Waals surface area contributed by atoms with Crippen LogP contribution in [0.15, 0.2) is 59.4 Å². The Kier molecular flexibility index (Phi) is 5.05. The van der Waals surface area contributed by atoms with Gasteiger partial charge in [0.25, 0.3) is 5.56 Å². The highest BCUT2D eigenvalue weighted by Crippen LogP contribution is 2.22. The number of aromatic nitrogens is 1. The number of aliphatic hydroxyl groups is 1. The summed E-state index contributed by atoms with van der Waals surface area (Å²) in [5, 5.41) is 10.2. The van der Waals surface area contributed by atoms with Gasteiger partial charge in [-0.2, -0.15) is 0 Å². The quantitative estimate of drug-likeness (QED) is 0.725. The molecular weight excluding hydrogens is 316 g/mol. The Morgan fingerprint density at radius 1 is 1.16 bits per heavy atom. The number of fused-ring (bicyclic) bond motifs is 1. The second kappa shape index (κ2) is 7.40. The molecule has 0 aliphatic carbocycles. The molecule has 0 saturated heterocycles. The fourth-order valence-electron chi connectivity index (χ4n) is 2.71. The van der Waals surface area contributed by atoms with Crippen molar-refractivity contribution in [3.05, 3.63) is 70.5 Å². The van der Waals surface area contributed by atoms with Gasteiger partial charge in [-0.25, -0.2) is 0 Å². The minimum absolute atomic E-state index is 0.122. The van der Waals surface area contributed by atoms with Crippen molar-refractivity contribution in [2.45, 2.75) is 19.6 Å². The van der Waals surface area contributed by atoms with Crippen molar-refractivity contribution >= 4 is 16.6 Å². The van der Waals surface area contributed by atoms with Gasteiger partial charge in [0, 0.05) is 24.5 Å². The summed E-state index contributed by atoms with van der Waals surface area (Å²) < 4.78 is 5.55. The maximum absolute atomic E-state index is 12.4. The summed E-state index contributed by atoms with van der Waals surface area (Å²) in [5.41, 5.74) is 2.37. The van der Waals surface area contributed by atoms with E-state index >= 15 is 0 Å². The zero-order chi connectivity index (χ0) is 17.8. The molecule has 130 valence electrons. The van der Waals surface area contributed by atoms with Crippen molar-refractivity contribution in [1.29, 1.82) is 0 Å². The molecule has 0 unspecified atom stereocenters. The first-order chi connectivity index (χ1) is 12.0. The van der Waals surface area contributed by atoms with Crippen molar-refractivity contribution in [2.24, 2.45) is 0 Å². The van der Waals surface area contributed by atoms with Gasteiger partial charge in [-0.15, -0.1) is 0 Å². The Balaban J connectivity index is 1.89. The molecule has 0 radical (unpaired) electrons. The van der Waals surface area contributed by atoms with Crippen LogP contribution < -0.4 is 15.2 Å². The first-order valence-corrected chi connectivity index (χ1v) is 8.26. The van der Waals surface area contributed by atoms with Crippen molar-refractivity contribution in [3.8, 4) is 5.75 Å². The van der Waals surface area contributed by atoms with E-state index in [1.807, 2.05) is 60.5 Å². The Morgan fingerprint density at radius 3 is 2.64 bits per heavy atom. The Hall–Kier alpha value is -2.79. The zero-order valence-electron chi connectivity index (χ0n) is 14.4. The number of H-pyrrole nitrogens is 1. The van der Waals surface area contributed by atoms with Gasteiger partial charge in [-0.3, -0.25) is 4.79 Å². The second-order valence-electron chi connectivity index (χ2n) is 6.23. The van der Waals surface area contributed by atoms with Gasteiger partial charge in [0.1, 0.15) is 18.0 Å². The minimum atomic E-state index is -0.529. The average Bonchev–Trinajstić information content (AvgIpc) is 2.60. The van der Waals surface area contributed by atoms with Crippen LogP contribution in [0.25, 0.3) is 10.9 Å². The monoisotopic (exact) mass is 338 g/mol. The fraction of sp³-hybridized carbons (Fsp3) is 0.250. The lowest BCUT2D eigenvalue weighted by atomic mass is 10.1. The van der Waals surface area contributed by atoms with Crippen LogP contribution in [0.3, 0.4) is 0 Å². The van der Waals surface area contributed by atoms with Crippen molar-refractivity contribution in [1.82, 2.24) is 4.98 Å². The molecule has 1 heterocycles. The highest BCUT2D eigenvalue weighted by Gasteiger charge is 2.09. The minimum Gasteiger partial charge on any atom is -0.491 e. The van der Waals surface area contributed by atoms with E-state index in [0.717, 1.165) is 16.5 Å². The zero-order valence-corrected chi connectivity index (χ0v) is 14.4. The maximum atomic E-state index is 12.4. The summed E-state index contributed by atoms with van der Waals surface area (Å²) in [6.07, 6.45) is -0.529. The van der Waals surface area contributed by atoms with E-state index < -0.39 is 6.10 Å². The number of aliphatic hydroxyl groups excluding tert-OH is 1. The molecule has 0 aliphatic rings. The summed E-state index contributed by atoms with van der Waals surface area (Å²) in [6, 6.07) is 17.4. The van der Waals surface area contributed by atoms with Gasteiger partial charge in [-0.05, 0) is 36.8 Å². The smallest absolute Gasteiger partial charge is 0.271 e. The largest absolute Gasteiger partial charge is 0.491 e. The number of hydrogen-bond donors (Lipinski definition) is 2. The molecule has 0 aliphatic heterocycles. The number of rotatable bonds is 6. The van der Waals surface area contributed by atoms with E-state index in [1.54, 1.807) is 13.0 Å². The molecule has 1 aromatic heterocycles. The van der Waals surface area contributed by atoms with Crippen LogP contribution in [0.2, 0.25) is 0 Å². The molecule has 3 aromatic rings. The van der Waals surface area contributed by atoms with Gasteiger partial charge in [0.2, 0.25) is 0 Å². The lowest BCUT2D eigenvalue weighted by Gasteiger charge is -2.19. The summed E-state index contributed by atoms with van der Waals surface area (Å²) in [6.45, 7) is 2.55. The number of pyridine rings is 1. The number of hydrogen-bond acceptors (Lipinski definition) is 4. The Labute approximate surface area is 146 Å². The molecule has 0 bridgehead atoms. The molecule has 0 amide bonds. The third-order valence-corrected chi connectivity index (χ3v) is 3.96. The molecule has 5 nitrogen and oxygen atoms in total. The van der Waals surface area contributed by atoms with Crippen molar-refractivity contribution in [2.75, 3.05) is 18.6 Å². The van der Waals surface area contributed by atoms with E-state index in [9.17, 15) is 9.90 Å². The predicted octanol–water partition coefficient (Wildman–Crippen LogP) is 2.92. The standard InChI is InChI=1S/C20H22N2O3/c1-14(23)13-25-17-8-9-18-16(10-17)11-19(20(24)21-18)22(2)12-15-6-4-3-5-7-15/h3-11,14,23H,12-13H2,1-2H3,(H,21,24)/t14-/m1/s1. The van der Waals surface area contributed by atoms with E-state index in [1.165, 1.54) is 0 Å².